The topological polar surface area (TPSA) is 71.3 Å². The molecule has 5 nitrogen and oxygen atoms in total. The molecular formula is C12H15BrN2O3. The number of halogens is 1. The smallest absolute Gasteiger partial charge is 0.337 e. The lowest BCUT2D eigenvalue weighted by Crippen LogP contribution is -2.35. The Kier molecular flexibility index (Phi) is 4.06. The minimum Gasteiger partial charge on any atom is -0.478 e. The maximum Gasteiger partial charge on any atom is 0.337 e. The quantitative estimate of drug-likeness (QED) is 0.893. The number of carboxylic acid groups (broad SMARTS) is 1. The van der Waals surface area contributed by atoms with Gasteiger partial charge in [0, 0.05) is 12.2 Å². The average Bonchev–Trinajstić information content (AvgIpc) is 2.89. The fourth-order valence-electron chi connectivity index (χ4n) is 2.21. The monoisotopic (exact) mass is 314 g/mol. The molecule has 18 heavy (non-hydrogen) atoms. The van der Waals surface area contributed by atoms with Crippen LogP contribution >= 0.6 is 15.9 Å². The number of carbonyl (C=O) groups excluding carboxylic acids is 1. The van der Waals surface area contributed by atoms with E-state index in [1.165, 1.54) is 25.1 Å². The van der Waals surface area contributed by atoms with Gasteiger partial charge in [0.05, 0.1) is 10.2 Å². The molecule has 98 valence electrons. The number of nitrogens with zero attached hydrogens (tertiary/aromatic N) is 1. The van der Waals surface area contributed by atoms with E-state index >= 15 is 0 Å². The third-order valence-electron chi connectivity index (χ3n) is 3.13. The summed E-state index contributed by atoms with van der Waals surface area (Å²) in [5.74, 6) is -1.07. The van der Waals surface area contributed by atoms with Crippen molar-refractivity contribution in [1.82, 2.24) is 9.88 Å². The molecule has 1 aliphatic carbocycles. The molecule has 1 aromatic rings. The van der Waals surface area contributed by atoms with Crippen LogP contribution in [0.5, 0.6) is 0 Å². The van der Waals surface area contributed by atoms with Crippen LogP contribution in [0.3, 0.4) is 0 Å². The largest absolute Gasteiger partial charge is 0.478 e. The van der Waals surface area contributed by atoms with E-state index in [1.54, 1.807) is 4.57 Å². The van der Waals surface area contributed by atoms with Gasteiger partial charge in [-0.3, -0.25) is 4.79 Å². The lowest BCUT2D eigenvalue weighted by atomic mass is 10.2. The third-order valence-corrected chi connectivity index (χ3v) is 3.81. The molecule has 1 heterocycles. The zero-order chi connectivity index (χ0) is 13.1. The zero-order valence-electron chi connectivity index (χ0n) is 9.86. The van der Waals surface area contributed by atoms with Crippen molar-refractivity contribution in [1.29, 1.82) is 0 Å². The van der Waals surface area contributed by atoms with Gasteiger partial charge in [0.25, 0.3) is 0 Å². The molecule has 0 aliphatic heterocycles. The van der Waals surface area contributed by atoms with Crippen molar-refractivity contribution >= 4 is 27.8 Å². The van der Waals surface area contributed by atoms with Crippen LogP contribution in [-0.4, -0.2) is 27.6 Å². The van der Waals surface area contributed by atoms with E-state index in [0.29, 0.717) is 4.60 Å². The lowest BCUT2D eigenvalue weighted by molar-refractivity contribution is -0.122. The standard InChI is InChI=1S/C12H15BrN2O3/c13-10-5-8(12(17)18)6-15(10)7-11(16)14-9-3-1-2-4-9/h5-6,9H,1-4,7H2,(H,14,16)(H,17,18). The molecule has 1 amide bonds. The Labute approximate surface area is 113 Å². The molecule has 2 N–H and O–H groups in total. The highest BCUT2D eigenvalue weighted by molar-refractivity contribution is 9.10. The van der Waals surface area contributed by atoms with Gasteiger partial charge >= 0.3 is 5.97 Å². The normalized spacial score (nSPS) is 15.8. The predicted octanol–water partition coefficient (Wildman–Crippen LogP) is 2.01. The summed E-state index contributed by atoms with van der Waals surface area (Å²) in [4.78, 5) is 22.6. The first-order valence-corrected chi connectivity index (χ1v) is 6.74. The summed E-state index contributed by atoms with van der Waals surface area (Å²) >= 11 is 3.25. The number of carboxylic acids is 1. The maximum atomic E-state index is 11.8. The Morgan fingerprint density at radius 3 is 2.67 bits per heavy atom. The predicted molar refractivity (Wildman–Crippen MR) is 69.5 cm³/mol. The zero-order valence-corrected chi connectivity index (χ0v) is 11.4. The van der Waals surface area contributed by atoms with E-state index in [-0.39, 0.29) is 24.1 Å². The first-order chi connectivity index (χ1) is 8.56. The molecule has 0 saturated heterocycles. The van der Waals surface area contributed by atoms with Crippen LogP contribution in [-0.2, 0) is 11.3 Å². The molecule has 0 unspecified atom stereocenters. The summed E-state index contributed by atoms with van der Waals surface area (Å²) in [6.45, 7) is 0.143. The van der Waals surface area contributed by atoms with Gasteiger partial charge in [-0.25, -0.2) is 4.79 Å². The molecule has 1 aliphatic rings. The van der Waals surface area contributed by atoms with Gasteiger partial charge in [-0.15, -0.1) is 0 Å². The van der Waals surface area contributed by atoms with E-state index in [4.69, 9.17) is 5.11 Å². The Hall–Kier alpha value is -1.30. The fraction of sp³-hybridized carbons (Fsp3) is 0.500. The van der Waals surface area contributed by atoms with E-state index in [0.717, 1.165) is 12.8 Å². The molecule has 6 heteroatoms. The van der Waals surface area contributed by atoms with Gasteiger partial charge in [-0.05, 0) is 34.8 Å². The van der Waals surface area contributed by atoms with Crippen molar-refractivity contribution in [2.45, 2.75) is 38.3 Å². The van der Waals surface area contributed by atoms with Gasteiger partial charge < -0.3 is 15.0 Å². The number of aromatic carboxylic acids is 1. The molecule has 0 radical (unpaired) electrons. The highest BCUT2D eigenvalue weighted by atomic mass is 79.9. The number of hydrogen-bond donors (Lipinski definition) is 2. The number of rotatable bonds is 4. The van der Waals surface area contributed by atoms with Crippen molar-refractivity contribution in [3.63, 3.8) is 0 Å². The first-order valence-electron chi connectivity index (χ1n) is 5.94. The minimum atomic E-state index is -0.995. The van der Waals surface area contributed by atoms with Gasteiger partial charge in [-0.1, -0.05) is 12.8 Å². The molecule has 0 atom stereocenters. The third kappa shape index (κ3) is 3.13. The second-order valence-corrected chi connectivity index (χ2v) is 5.35. The Bertz CT molecular complexity index is 464. The fourth-order valence-corrected chi connectivity index (χ4v) is 2.69. The van der Waals surface area contributed by atoms with Crippen molar-refractivity contribution in [3.8, 4) is 0 Å². The maximum absolute atomic E-state index is 11.8. The van der Waals surface area contributed by atoms with Crippen LogP contribution in [0, 0.1) is 0 Å². The number of hydrogen-bond acceptors (Lipinski definition) is 2. The summed E-state index contributed by atoms with van der Waals surface area (Å²) in [6, 6.07) is 1.77. The SMILES string of the molecule is O=C(Cn1cc(C(=O)O)cc1Br)NC1CCCC1. The second-order valence-electron chi connectivity index (χ2n) is 4.53. The highest BCUT2D eigenvalue weighted by Crippen LogP contribution is 2.18. The highest BCUT2D eigenvalue weighted by Gasteiger charge is 2.18. The summed E-state index contributed by atoms with van der Waals surface area (Å²) in [6.07, 6.45) is 5.88. The molecular weight excluding hydrogens is 300 g/mol. The van der Waals surface area contributed by atoms with Crippen molar-refractivity contribution < 1.29 is 14.7 Å². The van der Waals surface area contributed by atoms with Gasteiger partial charge in [0.15, 0.2) is 0 Å². The molecule has 1 fully saturated rings. The van der Waals surface area contributed by atoms with Crippen molar-refractivity contribution in [2.75, 3.05) is 0 Å². The van der Waals surface area contributed by atoms with Crippen LogP contribution in [0.1, 0.15) is 36.0 Å². The summed E-state index contributed by atoms with van der Waals surface area (Å²) < 4.78 is 2.19. The second kappa shape index (κ2) is 5.56. The molecule has 2 rings (SSSR count). The van der Waals surface area contributed by atoms with Gasteiger partial charge in [0.1, 0.15) is 6.54 Å². The van der Waals surface area contributed by atoms with Crippen molar-refractivity contribution in [2.24, 2.45) is 0 Å². The van der Waals surface area contributed by atoms with E-state index < -0.39 is 5.97 Å². The van der Waals surface area contributed by atoms with Crippen LogP contribution < -0.4 is 5.32 Å². The van der Waals surface area contributed by atoms with Crippen LogP contribution in [0.4, 0.5) is 0 Å². The molecule has 0 bridgehead atoms. The number of nitrogens with one attached hydrogen (secondary N) is 1. The van der Waals surface area contributed by atoms with Crippen LogP contribution in [0.2, 0.25) is 0 Å². The van der Waals surface area contributed by atoms with Crippen LogP contribution in [0.25, 0.3) is 0 Å². The Balaban J connectivity index is 1.95. The number of aromatic nitrogens is 1. The summed E-state index contributed by atoms with van der Waals surface area (Å²) in [5, 5.41) is 11.8. The van der Waals surface area contributed by atoms with E-state index in [2.05, 4.69) is 21.2 Å². The minimum absolute atomic E-state index is 0.0739. The van der Waals surface area contributed by atoms with Gasteiger partial charge in [0.2, 0.25) is 5.91 Å². The van der Waals surface area contributed by atoms with Crippen molar-refractivity contribution in [3.05, 3.63) is 22.4 Å². The Morgan fingerprint density at radius 2 is 2.11 bits per heavy atom. The van der Waals surface area contributed by atoms with Gasteiger partial charge in [-0.2, -0.15) is 0 Å². The molecule has 0 spiro atoms. The van der Waals surface area contributed by atoms with E-state index in [9.17, 15) is 9.59 Å². The van der Waals surface area contributed by atoms with E-state index in [1.807, 2.05) is 0 Å². The summed E-state index contributed by atoms with van der Waals surface area (Å²) in [5.41, 5.74) is 0.176. The average molecular weight is 315 g/mol. The van der Waals surface area contributed by atoms with Crippen LogP contribution in [0.15, 0.2) is 16.9 Å². The number of carbonyl (C=O) groups is 2. The summed E-state index contributed by atoms with van der Waals surface area (Å²) in [7, 11) is 0. The lowest BCUT2D eigenvalue weighted by Gasteiger charge is -2.12. The molecule has 0 aromatic carbocycles. The first kappa shape index (κ1) is 13.1. The molecule has 1 saturated carbocycles. The number of amides is 1. The Morgan fingerprint density at radius 1 is 1.44 bits per heavy atom. The molecule has 1 aromatic heterocycles.